The predicted molar refractivity (Wildman–Crippen MR) is 46.4 cm³/mol. The van der Waals surface area contributed by atoms with Crippen molar-refractivity contribution in [1.29, 1.82) is 0 Å². The van der Waals surface area contributed by atoms with Crippen LogP contribution in [0.2, 0.25) is 0 Å². The highest BCUT2D eigenvalue weighted by molar-refractivity contribution is 4.96. The van der Waals surface area contributed by atoms with E-state index in [4.69, 9.17) is 5.73 Å². The van der Waals surface area contributed by atoms with E-state index in [-0.39, 0.29) is 0 Å². The van der Waals surface area contributed by atoms with Gasteiger partial charge in [0.1, 0.15) is 0 Å². The summed E-state index contributed by atoms with van der Waals surface area (Å²) < 4.78 is 0. The maximum atomic E-state index is 5.92. The van der Waals surface area contributed by atoms with Crippen LogP contribution in [0.1, 0.15) is 25.7 Å². The molecular weight excluding hydrogens is 136 g/mol. The number of nitrogens with two attached hydrogens (primary N) is 1. The fraction of sp³-hybridized carbons (Fsp3) is 1.00. The molecular formula is C9H18N2. The number of hydrogen-bond acceptors (Lipinski definition) is 2. The highest BCUT2D eigenvalue weighted by Crippen LogP contribution is 2.44. The first-order valence-corrected chi connectivity index (χ1v) is 4.64. The summed E-state index contributed by atoms with van der Waals surface area (Å²) in [7, 11) is 2.22. The van der Waals surface area contributed by atoms with E-state index < -0.39 is 0 Å². The molecule has 2 aliphatic rings. The molecule has 1 aliphatic heterocycles. The molecule has 2 nitrogen and oxygen atoms in total. The molecule has 1 aliphatic carbocycles. The largest absolute Gasteiger partial charge is 0.328 e. The van der Waals surface area contributed by atoms with Crippen LogP contribution in [-0.2, 0) is 0 Å². The van der Waals surface area contributed by atoms with Crippen molar-refractivity contribution in [1.82, 2.24) is 4.90 Å². The number of nitrogens with zero attached hydrogens (tertiary/aromatic N) is 1. The second-order valence-electron chi connectivity index (χ2n) is 4.49. The SMILES string of the molecule is CN1CC[C@]2(CCC(N)C2)C1. The van der Waals surface area contributed by atoms with E-state index in [2.05, 4.69) is 11.9 Å². The molecule has 11 heavy (non-hydrogen) atoms. The Morgan fingerprint density at radius 2 is 2.27 bits per heavy atom. The summed E-state index contributed by atoms with van der Waals surface area (Å²) in [4.78, 5) is 2.44. The monoisotopic (exact) mass is 154 g/mol. The third kappa shape index (κ3) is 1.30. The van der Waals surface area contributed by atoms with E-state index in [1.807, 2.05) is 0 Å². The van der Waals surface area contributed by atoms with Gasteiger partial charge in [0.05, 0.1) is 0 Å². The van der Waals surface area contributed by atoms with Gasteiger partial charge in [-0.1, -0.05) is 0 Å². The van der Waals surface area contributed by atoms with Gasteiger partial charge in [0.25, 0.3) is 0 Å². The van der Waals surface area contributed by atoms with Gasteiger partial charge in [-0.3, -0.25) is 0 Å². The van der Waals surface area contributed by atoms with Crippen molar-refractivity contribution in [3.63, 3.8) is 0 Å². The zero-order valence-electron chi connectivity index (χ0n) is 7.34. The average Bonchev–Trinajstić information content (AvgIpc) is 2.44. The van der Waals surface area contributed by atoms with E-state index in [0.29, 0.717) is 11.5 Å². The van der Waals surface area contributed by atoms with E-state index in [9.17, 15) is 0 Å². The second kappa shape index (κ2) is 2.46. The lowest BCUT2D eigenvalue weighted by Gasteiger charge is -2.22. The molecule has 1 saturated heterocycles. The maximum absolute atomic E-state index is 5.92. The van der Waals surface area contributed by atoms with Crippen molar-refractivity contribution < 1.29 is 0 Å². The lowest BCUT2D eigenvalue weighted by molar-refractivity contribution is 0.286. The average molecular weight is 154 g/mol. The molecule has 0 radical (unpaired) electrons. The van der Waals surface area contributed by atoms with Gasteiger partial charge in [0, 0.05) is 12.6 Å². The van der Waals surface area contributed by atoms with E-state index >= 15 is 0 Å². The Balaban J connectivity index is 2.02. The van der Waals surface area contributed by atoms with Gasteiger partial charge in [-0.05, 0) is 44.7 Å². The molecule has 2 fully saturated rings. The van der Waals surface area contributed by atoms with Gasteiger partial charge in [-0.15, -0.1) is 0 Å². The fourth-order valence-corrected chi connectivity index (χ4v) is 2.78. The van der Waals surface area contributed by atoms with Crippen molar-refractivity contribution >= 4 is 0 Å². The summed E-state index contributed by atoms with van der Waals surface area (Å²) in [5.41, 5.74) is 6.55. The standard InChI is InChI=1S/C9H18N2/c1-11-5-4-9(7-11)3-2-8(10)6-9/h8H,2-7,10H2,1H3/t8?,9-/m0/s1. The molecule has 2 N–H and O–H groups in total. The maximum Gasteiger partial charge on any atom is 0.00448 e. The van der Waals surface area contributed by atoms with Crippen LogP contribution in [-0.4, -0.2) is 31.1 Å². The molecule has 2 rings (SSSR count). The van der Waals surface area contributed by atoms with Gasteiger partial charge in [-0.2, -0.15) is 0 Å². The van der Waals surface area contributed by atoms with E-state index in [1.165, 1.54) is 38.8 Å². The van der Waals surface area contributed by atoms with Gasteiger partial charge in [-0.25, -0.2) is 0 Å². The molecule has 1 unspecified atom stereocenters. The second-order valence-corrected chi connectivity index (χ2v) is 4.49. The predicted octanol–water partition coefficient (Wildman–Crippen LogP) is 0.820. The van der Waals surface area contributed by atoms with Crippen molar-refractivity contribution in [2.24, 2.45) is 11.1 Å². The first-order chi connectivity index (χ1) is 5.20. The smallest absolute Gasteiger partial charge is 0.00448 e. The van der Waals surface area contributed by atoms with Gasteiger partial charge < -0.3 is 10.6 Å². The molecule has 2 heteroatoms. The van der Waals surface area contributed by atoms with Crippen LogP contribution < -0.4 is 5.73 Å². The number of rotatable bonds is 0. The zero-order chi connectivity index (χ0) is 7.90. The number of hydrogen-bond donors (Lipinski definition) is 1. The zero-order valence-corrected chi connectivity index (χ0v) is 7.34. The van der Waals surface area contributed by atoms with Gasteiger partial charge >= 0.3 is 0 Å². The van der Waals surface area contributed by atoms with Crippen LogP contribution in [0.3, 0.4) is 0 Å². The fourth-order valence-electron chi connectivity index (χ4n) is 2.78. The molecule has 1 spiro atoms. The third-order valence-corrected chi connectivity index (χ3v) is 3.37. The minimum Gasteiger partial charge on any atom is -0.328 e. The molecule has 1 saturated carbocycles. The van der Waals surface area contributed by atoms with Crippen molar-refractivity contribution in [3.05, 3.63) is 0 Å². The molecule has 0 aromatic rings. The van der Waals surface area contributed by atoms with Crippen molar-refractivity contribution in [2.75, 3.05) is 20.1 Å². The van der Waals surface area contributed by atoms with E-state index in [1.54, 1.807) is 0 Å². The van der Waals surface area contributed by atoms with Crippen LogP contribution in [0.5, 0.6) is 0 Å². The topological polar surface area (TPSA) is 29.3 Å². The quantitative estimate of drug-likeness (QED) is 0.559. The Kier molecular flexibility index (Phi) is 1.69. The first-order valence-electron chi connectivity index (χ1n) is 4.64. The van der Waals surface area contributed by atoms with Crippen LogP contribution in [0.4, 0.5) is 0 Å². The Labute approximate surface area is 68.7 Å². The summed E-state index contributed by atoms with van der Waals surface area (Å²) in [6.45, 7) is 2.58. The summed E-state index contributed by atoms with van der Waals surface area (Å²) in [5.74, 6) is 0. The van der Waals surface area contributed by atoms with Gasteiger partial charge in [0.2, 0.25) is 0 Å². The Bertz CT molecular complexity index is 138. The summed E-state index contributed by atoms with van der Waals surface area (Å²) in [6, 6.07) is 0.501. The highest BCUT2D eigenvalue weighted by atomic mass is 15.1. The molecule has 0 aromatic carbocycles. The normalized spacial score (nSPS) is 45.8. The van der Waals surface area contributed by atoms with Crippen LogP contribution in [0.15, 0.2) is 0 Å². The number of likely N-dealkylation sites (tertiary alicyclic amines) is 1. The first kappa shape index (κ1) is 7.56. The lowest BCUT2D eigenvalue weighted by Crippen LogP contribution is -2.24. The Morgan fingerprint density at radius 3 is 2.73 bits per heavy atom. The Morgan fingerprint density at radius 1 is 1.45 bits per heavy atom. The summed E-state index contributed by atoms with van der Waals surface area (Å²) in [5, 5.41) is 0. The molecule has 64 valence electrons. The lowest BCUT2D eigenvalue weighted by atomic mass is 9.85. The van der Waals surface area contributed by atoms with Crippen molar-refractivity contribution in [2.45, 2.75) is 31.7 Å². The highest BCUT2D eigenvalue weighted by Gasteiger charge is 2.41. The third-order valence-electron chi connectivity index (χ3n) is 3.37. The van der Waals surface area contributed by atoms with Crippen LogP contribution in [0, 0.1) is 5.41 Å². The minimum atomic E-state index is 0.501. The van der Waals surface area contributed by atoms with Crippen LogP contribution >= 0.6 is 0 Å². The minimum absolute atomic E-state index is 0.501. The molecule has 0 bridgehead atoms. The summed E-state index contributed by atoms with van der Waals surface area (Å²) in [6.07, 6.45) is 5.29. The van der Waals surface area contributed by atoms with E-state index in [0.717, 1.165) is 0 Å². The molecule has 2 atom stereocenters. The molecule has 0 aromatic heterocycles. The van der Waals surface area contributed by atoms with Crippen molar-refractivity contribution in [3.8, 4) is 0 Å². The molecule has 1 heterocycles. The summed E-state index contributed by atoms with van der Waals surface area (Å²) >= 11 is 0. The van der Waals surface area contributed by atoms with Gasteiger partial charge in [0.15, 0.2) is 0 Å². The molecule has 0 amide bonds. The van der Waals surface area contributed by atoms with Crippen LogP contribution in [0.25, 0.3) is 0 Å². The Hall–Kier alpha value is -0.0800.